The zero-order valence-electron chi connectivity index (χ0n) is 2.03. The Kier molecular flexibility index (Phi) is 474. The van der Waals surface area contributed by atoms with Crippen molar-refractivity contribution in [1.82, 2.24) is 0 Å². The van der Waals surface area contributed by atoms with Gasteiger partial charge < -0.3 is 16.4 Å². The Balaban J connectivity index is 0. The van der Waals surface area contributed by atoms with Crippen LogP contribution in [0.25, 0.3) is 0 Å². The standard InChI is InChI=1S/Au.Ce.3O/q2*+3;3*-2. The molecule has 0 saturated heterocycles. The topological polar surface area (TPSA) is 85.5 Å². The van der Waals surface area contributed by atoms with E-state index in [-0.39, 0.29) is 80.6 Å². The van der Waals surface area contributed by atoms with Crippen LogP contribution in [0.5, 0.6) is 0 Å². The maximum absolute atomic E-state index is 0. The van der Waals surface area contributed by atoms with Gasteiger partial charge in [0.25, 0.3) is 0 Å². The monoisotopic (exact) mass is 385 g/mol. The first-order chi connectivity index (χ1) is 0. The van der Waals surface area contributed by atoms with Crippen LogP contribution in [0.3, 0.4) is 0 Å². The molecule has 0 aromatic rings. The molecule has 33 valence electrons. The molecule has 5 heavy (non-hydrogen) atoms. The summed E-state index contributed by atoms with van der Waals surface area (Å²) >= 11 is 0. The molecule has 0 saturated carbocycles. The van der Waals surface area contributed by atoms with Gasteiger partial charge in [0.2, 0.25) is 0 Å². The summed E-state index contributed by atoms with van der Waals surface area (Å²) in [6.45, 7) is 0. The molecule has 0 aliphatic carbocycles. The van der Waals surface area contributed by atoms with Crippen molar-refractivity contribution in [2.24, 2.45) is 0 Å². The summed E-state index contributed by atoms with van der Waals surface area (Å²) in [5.74, 6) is 0. The summed E-state index contributed by atoms with van der Waals surface area (Å²) in [7, 11) is 0. The minimum Gasteiger partial charge on any atom is -2.00 e. The largest absolute Gasteiger partial charge is 3.00 e. The summed E-state index contributed by atoms with van der Waals surface area (Å²) in [5.41, 5.74) is 0. The molecule has 0 unspecified atom stereocenters. The maximum atomic E-state index is 0. The van der Waals surface area contributed by atoms with E-state index in [0.717, 1.165) is 0 Å². The third-order valence-electron chi connectivity index (χ3n) is 0. The smallest absolute Gasteiger partial charge is 2.00 e. The number of hydrogen-bond acceptors (Lipinski definition) is 0. The average Bonchev–Trinajstić information content (AvgIpc) is 0. The summed E-state index contributed by atoms with van der Waals surface area (Å²) in [5, 5.41) is 0. The molecule has 5 heteroatoms. The fourth-order valence-corrected chi connectivity index (χ4v) is 0. The Morgan fingerprint density at radius 3 is 0.600 bits per heavy atom. The summed E-state index contributed by atoms with van der Waals surface area (Å²) in [6, 6.07) is 0. The van der Waals surface area contributed by atoms with Crippen LogP contribution in [0.15, 0.2) is 0 Å². The molecule has 0 N–H and O–H groups in total. The zero-order valence-corrected chi connectivity index (χ0v) is 7.33. The molecular formula is AuCeO3. The minimum absolute atomic E-state index is 0. The van der Waals surface area contributed by atoms with Crippen LogP contribution in [-0.4, -0.2) is 0 Å². The Labute approximate surface area is 79.3 Å². The van der Waals surface area contributed by atoms with E-state index in [2.05, 4.69) is 0 Å². The Morgan fingerprint density at radius 2 is 0.600 bits per heavy atom. The average molecular weight is 385 g/mol. The Morgan fingerprint density at radius 1 is 0.600 bits per heavy atom. The summed E-state index contributed by atoms with van der Waals surface area (Å²) in [6.07, 6.45) is 0. The summed E-state index contributed by atoms with van der Waals surface area (Å²) < 4.78 is 0. The van der Waals surface area contributed by atoms with Gasteiger partial charge in [-0.2, -0.15) is 0 Å². The van der Waals surface area contributed by atoms with E-state index in [1.54, 1.807) is 0 Å². The van der Waals surface area contributed by atoms with E-state index in [1.807, 2.05) is 0 Å². The Hall–Kier alpha value is 2.00. The quantitative estimate of drug-likeness (QED) is 0.511. The van der Waals surface area contributed by atoms with Gasteiger partial charge in [-0.25, -0.2) is 0 Å². The van der Waals surface area contributed by atoms with Crippen LogP contribution in [-0.2, 0) is 38.8 Å². The van der Waals surface area contributed by atoms with Gasteiger partial charge in [0.15, 0.2) is 0 Å². The normalized spacial score (nSPS) is 0. The third kappa shape index (κ3) is 24.0. The fourth-order valence-electron chi connectivity index (χ4n) is 0. The SMILES string of the molecule is [Au+3].[Ce+3].[O-2].[O-2].[O-2]. The van der Waals surface area contributed by atoms with Gasteiger partial charge in [-0.15, -0.1) is 0 Å². The van der Waals surface area contributed by atoms with Crippen molar-refractivity contribution in [3.63, 3.8) is 0 Å². The molecule has 0 fully saturated rings. The molecule has 0 bridgehead atoms. The molecule has 0 amide bonds. The first kappa shape index (κ1) is 63.1. The van der Waals surface area contributed by atoms with Gasteiger partial charge >= 0.3 is 64.1 Å². The molecule has 0 aliphatic rings. The van der Waals surface area contributed by atoms with E-state index in [0.29, 0.717) is 0 Å². The van der Waals surface area contributed by atoms with E-state index in [1.165, 1.54) is 0 Å². The zero-order chi connectivity index (χ0) is 0. The molecule has 0 aromatic heterocycles. The van der Waals surface area contributed by atoms with Crippen molar-refractivity contribution in [3.8, 4) is 0 Å². The van der Waals surface area contributed by atoms with Gasteiger partial charge in [0, 0.05) is 0 Å². The van der Waals surface area contributed by atoms with E-state index < -0.39 is 0 Å². The van der Waals surface area contributed by atoms with Crippen LogP contribution in [0.1, 0.15) is 0 Å². The van der Waals surface area contributed by atoms with Crippen molar-refractivity contribution in [3.05, 3.63) is 0 Å². The maximum Gasteiger partial charge on any atom is 3.00 e. The van der Waals surface area contributed by atoms with Crippen LogP contribution < -0.4 is 0 Å². The third-order valence-corrected chi connectivity index (χ3v) is 0. The van der Waals surface area contributed by atoms with Gasteiger partial charge in [-0.1, -0.05) is 0 Å². The molecule has 0 atom stereocenters. The van der Waals surface area contributed by atoms with Crippen molar-refractivity contribution in [1.29, 1.82) is 0 Å². The molecular weight excluding hydrogens is 385 g/mol. The van der Waals surface area contributed by atoms with E-state index in [4.69, 9.17) is 0 Å². The molecule has 0 aliphatic heterocycles. The van der Waals surface area contributed by atoms with Crippen molar-refractivity contribution in [2.45, 2.75) is 0 Å². The van der Waals surface area contributed by atoms with Crippen molar-refractivity contribution < 1.29 is 80.6 Å². The second kappa shape index (κ2) is 37.6. The van der Waals surface area contributed by atoms with E-state index in [9.17, 15) is 0 Å². The predicted octanol–water partition coefficient (Wildman–Crippen LogP) is -0.359. The fraction of sp³-hybridized carbons (Fsp3) is 0. The molecule has 1 radical (unpaired) electrons. The van der Waals surface area contributed by atoms with Crippen LogP contribution in [0.4, 0.5) is 0 Å². The van der Waals surface area contributed by atoms with Crippen LogP contribution >= 0.6 is 0 Å². The Bertz CT molecular complexity index is 6.85. The number of hydrogen-bond donors (Lipinski definition) is 0. The second-order valence-corrected chi connectivity index (χ2v) is 0. The van der Waals surface area contributed by atoms with Crippen LogP contribution in [0.2, 0.25) is 0 Å². The van der Waals surface area contributed by atoms with Crippen LogP contribution in [0, 0.1) is 41.7 Å². The molecule has 0 spiro atoms. The molecule has 0 aromatic carbocycles. The first-order valence-electron chi connectivity index (χ1n) is 0. The predicted molar refractivity (Wildman–Crippen MR) is 2.06 cm³/mol. The van der Waals surface area contributed by atoms with Gasteiger partial charge in [0.1, 0.15) is 0 Å². The summed E-state index contributed by atoms with van der Waals surface area (Å²) in [4.78, 5) is 0. The van der Waals surface area contributed by atoms with Crippen molar-refractivity contribution in [2.75, 3.05) is 0 Å². The second-order valence-electron chi connectivity index (χ2n) is 0. The van der Waals surface area contributed by atoms with Crippen molar-refractivity contribution >= 4 is 0 Å². The molecule has 0 rings (SSSR count). The van der Waals surface area contributed by atoms with Gasteiger partial charge in [-0.3, -0.25) is 0 Å². The molecule has 3 nitrogen and oxygen atoms in total. The number of rotatable bonds is 0. The van der Waals surface area contributed by atoms with Gasteiger partial charge in [-0.05, 0) is 0 Å². The minimum atomic E-state index is 0. The first-order valence-corrected chi connectivity index (χ1v) is 0. The van der Waals surface area contributed by atoms with E-state index >= 15 is 0 Å². The molecule has 0 heterocycles. The van der Waals surface area contributed by atoms with Gasteiger partial charge in [0.05, 0.1) is 0 Å².